The van der Waals surface area contributed by atoms with E-state index in [0.29, 0.717) is 29.6 Å². The van der Waals surface area contributed by atoms with Crippen LogP contribution in [-0.4, -0.2) is 43.1 Å². The molecule has 0 atom stereocenters. The number of rotatable bonds is 3. The lowest BCUT2D eigenvalue weighted by atomic mass is 9.92. The van der Waals surface area contributed by atoms with E-state index >= 15 is 0 Å². The molecule has 0 amide bonds. The van der Waals surface area contributed by atoms with Crippen LogP contribution < -0.4 is 10.9 Å². The van der Waals surface area contributed by atoms with Gasteiger partial charge in [-0.3, -0.25) is 9.36 Å². The Balaban J connectivity index is 1.72. The van der Waals surface area contributed by atoms with Crippen molar-refractivity contribution >= 4 is 11.0 Å². The highest BCUT2D eigenvalue weighted by molar-refractivity contribution is 5.74. The lowest BCUT2D eigenvalue weighted by molar-refractivity contribution is -0.00627. The molecule has 7 nitrogen and oxygen atoms in total. The Morgan fingerprint density at radius 2 is 1.96 bits per heavy atom. The van der Waals surface area contributed by atoms with Crippen LogP contribution in [0, 0.1) is 5.82 Å². The fourth-order valence-electron chi connectivity index (χ4n) is 3.20. The van der Waals surface area contributed by atoms with Crippen molar-refractivity contribution in [2.75, 3.05) is 13.1 Å². The van der Waals surface area contributed by atoms with Crippen molar-refractivity contribution in [2.24, 2.45) is 0 Å². The molecule has 0 saturated carbocycles. The van der Waals surface area contributed by atoms with Gasteiger partial charge in [-0.25, -0.2) is 14.1 Å². The van der Waals surface area contributed by atoms with Gasteiger partial charge in [-0.1, -0.05) is 0 Å². The van der Waals surface area contributed by atoms with E-state index < -0.39 is 5.60 Å². The van der Waals surface area contributed by atoms with Gasteiger partial charge in [0.2, 0.25) is 0 Å². The molecule has 1 fully saturated rings. The molecule has 3 aromatic rings. The molecule has 0 aliphatic carbocycles. The van der Waals surface area contributed by atoms with Gasteiger partial charge in [0.15, 0.2) is 5.65 Å². The second-order valence-electron chi connectivity index (χ2n) is 6.42. The Labute approximate surface area is 142 Å². The van der Waals surface area contributed by atoms with Crippen molar-refractivity contribution < 1.29 is 9.50 Å². The van der Waals surface area contributed by atoms with Crippen LogP contribution in [0.5, 0.6) is 0 Å². The van der Waals surface area contributed by atoms with Gasteiger partial charge in [-0.2, -0.15) is 5.10 Å². The fourth-order valence-corrected chi connectivity index (χ4v) is 3.20. The van der Waals surface area contributed by atoms with Crippen molar-refractivity contribution in [3.05, 3.63) is 53.0 Å². The summed E-state index contributed by atoms with van der Waals surface area (Å²) in [5.74, 6) is -0.342. The topological polar surface area (TPSA) is 85.0 Å². The molecular formula is C17H18FN5O2. The van der Waals surface area contributed by atoms with Crippen LogP contribution in [0.4, 0.5) is 4.39 Å². The van der Waals surface area contributed by atoms with Crippen molar-refractivity contribution in [2.45, 2.75) is 25.0 Å². The summed E-state index contributed by atoms with van der Waals surface area (Å²) in [6.45, 7) is 1.66. The Bertz CT molecular complexity index is 957. The number of hydrogen-bond acceptors (Lipinski definition) is 5. The first kappa shape index (κ1) is 15.9. The summed E-state index contributed by atoms with van der Waals surface area (Å²) in [7, 11) is 0. The summed E-state index contributed by atoms with van der Waals surface area (Å²) < 4.78 is 16.0. The first-order chi connectivity index (χ1) is 12.1. The van der Waals surface area contributed by atoms with Gasteiger partial charge >= 0.3 is 0 Å². The zero-order chi connectivity index (χ0) is 17.4. The number of halogens is 1. The molecule has 1 aromatic carbocycles. The third-order valence-corrected chi connectivity index (χ3v) is 4.62. The zero-order valence-corrected chi connectivity index (χ0v) is 13.5. The van der Waals surface area contributed by atoms with Gasteiger partial charge < -0.3 is 10.4 Å². The standard InChI is InChI=1S/C17H18FN5O2/c18-12-1-3-13(4-2-12)23-15-14(9-21-23)16(24)22(11-20-15)10-17(25)5-7-19-8-6-17/h1-4,9,11,19,25H,5-8,10H2. The minimum absolute atomic E-state index is 0.207. The number of benzene rings is 1. The van der Waals surface area contributed by atoms with Crippen molar-refractivity contribution in [1.29, 1.82) is 0 Å². The maximum absolute atomic E-state index is 13.1. The number of piperidine rings is 1. The van der Waals surface area contributed by atoms with Crippen LogP contribution in [-0.2, 0) is 6.54 Å². The van der Waals surface area contributed by atoms with Crippen molar-refractivity contribution in [1.82, 2.24) is 24.6 Å². The second kappa shape index (κ2) is 6.05. The SMILES string of the molecule is O=c1c2cnn(-c3ccc(F)cc3)c2ncn1CC1(O)CCNCC1. The summed E-state index contributed by atoms with van der Waals surface area (Å²) in [6, 6.07) is 5.81. The number of nitrogens with one attached hydrogen (secondary N) is 1. The van der Waals surface area contributed by atoms with Crippen LogP contribution in [0.2, 0.25) is 0 Å². The van der Waals surface area contributed by atoms with E-state index in [-0.39, 0.29) is 17.9 Å². The molecule has 2 aromatic heterocycles. The number of fused-ring (bicyclic) bond motifs is 1. The summed E-state index contributed by atoms with van der Waals surface area (Å²) in [4.78, 5) is 17.1. The highest BCUT2D eigenvalue weighted by atomic mass is 19.1. The van der Waals surface area contributed by atoms with E-state index in [4.69, 9.17) is 0 Å². The number of nitrogens with zero attached hydrogens (tertiary/aromatic N) is 4. The molecule has 8 heteroatoms. The van der Waals surface area contributed by atoms with E-state index in [1.807, 2.05) is 0 Å². The van der Waals surface area contributed by atoms with E-state index in [2.05, 4.69) is 15.4 Å². The molecule has 1 aliphatic heterocycles. The van der Waals surface area contributed by atoms with Gasteiger partial charge in [0, 0.05) is 0 Å². The van der Waals surface area contributed by atoms with Crippen molar-refractivity contribution in [3.8, 4) is 5.69 Å². The first-order valence-electron chi connectivity index (χ1n) is 8.18. The predicted octanol–water partition coefficient (Wildman–Crippen LogP) is 0.836. The average Bonchev–Trinajstić information content (AvgIpc) is 3.03. The maximum atomic E-state index is 13.1. The molecule has 0 bridgehead atoms. The third-order valence-electron chi connectivity index (χ3n) is 4.62. The lowest BCUT2D eigenvalue weighted by Crippen LogP contribution is -2.46. The van der Waals surface area contributed by atoms with Crippen LogP contribution in [0.25, 0.3) is 16.7 Å². The second-order valence-corrected chi connectivity index (χ2v) is 6.42. The average molecular weight is 343 g/mol. The number of hydrogen-bond donors (Lipinski definition) is 2. The minimum Gasteiger partial charge on any atom is -0.388 e. The van der Waals surface area contributed by atoms with E-state index in [1.165, 1.54) is 33.9 Å². The molecule has 4 rings (SSSR count). The monoisotopic (exact) mass is 343 g/mol. The molecule has 2 N–H and O–H groups in total. The van der Waals surface area contributed by atoms with Gasteiger partial charge in [0.05, 0.1) is 24.0 Å². The maximum Gasteiger partial charge on any atom is 0.264 e. The number of aromatic nitrogens is 4. The third kappa shape index (κ3) is 2.94. The number of aliphatic hydroxyl groups is 1. The van der Waals surface area contributed by atoms with E-state index in [1.54, 1.807) is 12.1 Å². The van der Waals surface area contributed by atoms with Gasteiger partial charge in [-0.05, 0) is 50.2 Å². The zero-order valence-electron chi connectivity index (χ0n) is 13.5. The first-order valence-corrected chi connectivity index (χ1v) is 8.18. The summed E-state index contributed by atoms with van der Waals surface area (Å²) in [5.41, 5.74) is -0.120. The lowest BCUT2D eigenvalue weighted by Gasteiger charge is -2.32. The molecular weight excluding hydrogens is 325 g/mol. The molecule has 3 heterocycles. The quantitative estimate of drug-likeness (QED) is 0.736. The summed E-state index contributed by atoms with van der Waals surface area (Å²) in [6.07, 6.45) is 4.07. The van der Waals surface area contributed by atoms with Gasteiger partial charge in [-0.15, -0.1) is 0 Å². The van der Waals surface area contributed by atoms with E-state index in [9.17, 15) is 14.3 Å². The van der Waals surface area contributed by atoms with Crippen LogP contribution in [0.1, 0.15) is 12.8 Å². The van der Waals surface area contributed by atoms with Gasteiger partial charge in [0.1, 0.15) is 17.5 Å². The molecule has 1 aliphatic rings. The van der Waals surface area contributed by atoms with Crippen molar-refractivity contribution in [3.63, 3.8) is 0 Å². The Hall–Kier alpha value is -2.58. The summed E-state index contributed by atoms with van der Waals surface area (Å²) in [5, 5.41) is 18.4. The molecule has 0 unspecified atom stereocenters. The van der Waals surface area contributed by atoms with Crippen LogP contribution in [0.15, 0.2) is 41.6 Å². The van der Waals surface area contributed by atoms with Crippen LogP contribution >= 0.6 is 0 Å². The molecule has 25 heavy (non-hydrogen) atoms. The normalized spacial score (nSPS) is 17.0. The smallest absolute Gasteiger partial charge is 0.264 e. The van der Waals surface area contributed by atoms with E-state index in [0.717, 1.165) is 13.1 Å². The minimum atomic E-state index is -0.905. The molecule has 1 saturated heterocycles. The molecule has 0 spiro atoms. The molecule has 0 radical (unpaired) electrons. The fraction of sp³-hybridized carbons (Fsp3) is 0.353. The van der Waals surface area contributed by atoms with Crippen LogP contribution in [0.3, 0.4) is 0 Å². The highest BCUT2D eigenvalue weighted by Crippen LogP contribution is 2.20. The predicted molar refractivity (Wildman–Crippen MR) is 90.1 cm³/mol. The Kier molecular flexibility index (Phi) is 3.85. The molecule has 130 valence electrons. The largest absolute Gasteiger partial charge is 0.388 e. The van der Waals surface area contributed by atoms with Gasteiger partial charge in [0.25, 0.3) is 5.56 Å². The summed E-state index contributed by atoms with van der Waals surface area (Å²) >= 11 is 0. The Morgan fingerprint density at radius 1 is 1.24 bits per heavy atom. The Morgan fingerprint density at radius 3 is 2.68 bits per heavy atom. The highest BCUT2D eigenvalue weighted by Gasteiger charge is 2.30.